The number of ether oxygens (including phenoxy) is 1. The van der Waals surface area contributed by atoms with E-state index in [0.29, 0.717) is 25.6 Å². The summed E-state index contributed by atoms with van der Waals surface area (Å²) in [6.45, 7) is 5.64. The van der Waals surface area contributed by atoms with Gasteiger partial charge in [-0.05, 0) is 28.4 Å². The third-order valence-electron chi connectivity index (χ3n) is 4.24. The van der Waals surface area contributed by atoms with Gasteiger partial charge in [0, 0.05) is 19.2 Å². The van der Waals surface area contributed by atoms with Crippen molar-refractivity contribution in [1.29, 1.82) is 0 Å². The van der Waals surface area contributed by atoms with Crippen LogP contribution in [-0.4, -0.2) is 40.9 Å². The maximum Gasteiger partial charge on any atom is 0.179 e. The molecule has 1 saturated heterocycles. The highest BCUT2D eigenvalue weighted by Crippen LogP contribution is 2.27. The number of nitrogens with zero attached hydrogens (tertiary/aromatic N) is 6. The Kier molecular flexibility index (Phi) is 4.94. The molecule has 2 aromatic heterocycles. The number of aromatic nitrogens is 3. The first-order valence-electron chi connectivity index (χ1n) is 8.51. The summed E-state index contributed by atoms with van der Waals surface area (Å²) in [5, 5.41) is 13.1. The molecule has 1 aliphatic rings. The first kappa shape index (κ1) is 17.1. The lowest BCUT2D eigenvalue weighted by Gasteiger charge is -2.28. The van der Waals surface area contributed by atoms with Gasteiger partial charge in [-0.25, -0.2) is 4.98 Å². The maximum absolute atomic E-state index is 5.45. The molecule has 1 aliphatic heterocycles. The molecule has 0 atom stereocenters. The van der Waals surface area contributed by atoms with E-state index in [9.17, 15) is 0 Å². The maximum atomic E-state index is 5.45. The lowest BCUT2D eigenvalue weighted by atomic mass is 10.1. The summed E-state index contributed by atoms with van der Waals surface area (Å²) in [5.74, 6) is 1.53. The Labute approximate surface area is 159 Å². The molecule has 0 unspecified atom stereocenters. The fourth-order valence-corrected chi connectivity index (χ4v) is 3.32. The number of anilines is 1. The van der Waals surface area contributed by atoms with E-state index in [0.717, 1.165) is 34.6 Å². The Bertz CT molecular complexity index is 948. The van der Waals surface area contributed by atoms with Gasteiger partial charge in [0.05, 0.1) is 30.4 Å². The van der Waals surface area contributed by atoms with Crippen LogP contribution in [0.5, 0.6) is 0 Å². The van der Waals surface area contributed by atoms with Crippen molar-refractivity contribution < 1.29 is 4.74 Å². The Hall–Kier alpha value is -2.32. The number of azo groups is 1. The molecule has 0 amide bonds. The van der Waals surface area contributed by atoms with E-state index >= 15 is 0 Å². The first-order chi connectivity index (χ1) is 12.7. The van der Waals surface area contributed by atoms with Gasteiger partial charge in [-0.1, -0.05) is 29.8 Å². The Morgan fingerprint density at radius 1 is 1.23 bits per heavy atom. The Balaban J connectivity index is 1.64. The predicted octanol–water partition coefficient (Wildman–Crippen LogP) is 3.92. The van der Waals surface area contributed by atoms with E-state index in [4.69, 9.17) is 4.74 Å². The summed E-state index contributed by atoms with van der Waals surface area (Å²) in [7, 11) is 0. The highest BCUT2D eigenvalue weighted by atomic mass is 79.9. The van der Waals surface area contributed by atoms with Crippen LogP contribution in [0.3, 0.4) is 0 Å². The van der Waals surface area contributed by atoms with Crippen LogP contribution in [0, 0.1) is 6.92 Å². The molecule has 8 heteroatoms. The number of hydrogen-bond donors (Lipinski definition) is 0. The fraction of sp³-hybridized carbons (Fsp3) is 0.333. The van der Waals surface area contributed by atoms with Crippen molar-refractivity contribution in [3.05, 3.63) is 52.1 Å². The molecule has 7 nitrogen and oxygen atoms in total. The van der Waals surface area contributed by atoms with E-state index in [2.05, 4.69) is 66.3 Å². The second-order valence-corrected chi connectivity index (χ2v) is 7.04. The summed E-state index contributed by atoms with van der Waals surface area (Å²) >= 11 is 3.51. The summed E-state index contributed by atoms with van der Waals surface area (Å²) in [6.07, 6.45) is 1.75. The van der Waals surface area contributed by atoms with Gasteiger partial charge < -0.3 is 9.64 Å². The Morgan fingerprint density at radius 3 is 2.88 bits per heavy atom. The number of hydrogen-bond acceptors (Lipinski definition) is 6. The fourth-order valence-electron chi connectivity index (χ4n) is 2.98. The zero-order chi connectivity index (χ0) is 17.9. The third kappa shape index (κ3) is 3.61. The van der Waals surface area contributed by atoms with Gasteiger partial charge in [0.1, 0.15) is 5.82 Å². The quantitative estimate of drug-likeness (QED) is 0.606. The zero-order valence-corrected chi connectivity index (χ0v) is 16.1. The van der Waals surface area contributed by atoms with Gasteiger partial charge in [-0.15, -0.1) is 5.11 Å². The molecule has 26 heavy (non-hydrogen) atoms. The van der Waals surface area contributed by atoms with E-state index in [1.54, 1.807) is 6.20 Å². The van der Waals surface area contributed by atoms with Crippen LogP contribution in [-0.2, 0) is 11.3 Å². The van der Waals surface area contributed by atoms with Crippen molar-refractivity contribution in [1.82, 2.24) is 14.6 Å². The van der Waals surface area contributed by atoms with E-state index in [1.165, 1.54) is 5.56 Å². The molecule has 0 bridgehead atoms. The van der Waals surface area contributed by atoms with Crippen molar-refractivity contribution in [2.24, 2.45) is 10.2 Å². The standard InChI is InChI=1S/C18H19BrN6O/c1-13-3-2-4-14(9-13)11-20-23-16-10-17(24-5-7-26-8-6-24)25-18(22-16)15(19)12-21-25/h2-4,9-10,12H,5-8,11H2,1H3. The van der Waals surface area contributed by atoms with Crippen LogP contribution in [0.4, 0.5) is 11.6 Å². The van der Waals surface area contributed by atoms with Crippen LogP contribution >= 0.6 is 15.9 Å². The van der Waals surface area contributed by atoms with E-state index < -0.39 is 0 Å². The lowest BCUT2D eigenvalue weighted by molar-refractivity contribution is 0.122. The molecule has 0 spiro atoms. The van der Waals surface area contributed by atoms with Crippen LogP contribution in [0.2, 0.25) is 0 Å². The van der Waals surface area contributed by atoms with E-state index in [1.807, 2.05) is 16.6 Å². The van der Waals surface area contributed by atoms with Crippen molar-refractivity contribution in [2.75, 3.05) is 31.2 Å². The van der Waals surface area contributed by atoms with Crippen LogP contribution < -0.4 is 4.90 Å². The third-order valence-corrected chi connectivity index (χ3v) is 4.80. The number of morpholine rings is 1. The molecule has 4 rings (SSSR count). The van der Waals surface area contributed by atoms with Gasteiger partial charge in [0.15, 0.2) is 11.5 Å². The van der Waals surface area contributed by atoms with Gasteiger partial charge in [-0.2, -0.15) is 14.7 Å². The van der Waals surface area contributed by atoms with Crippen molar-refractivity contribution >= 4 is 33.2 Å². The molecule has 1 fully saturated rings. The number of halogens is 1. The molecule has 0 aliphatic carbocycles. The summed E-state index contributed by atoms with van der Waals surface area (Å²) in [4.78, 5) is 6.81. The Morgan fingerprint density at radius 2 is 2.08 bits per heavy atom. The minimum Gasteiger partial charge on any atom is -0.378 e. The first-order valence-corrected chi connectivity index (χ1v) is 9.30. The monoisotopic (exact) mass is 414 g/mol. The van der Waals surface area contributed by atoms with Crippen molar-refractivity contribution in [2.45, 2.75) is 13.5 Å². The topological polar surface area (TPSA) is 67.4 Å². The summed E-state index contributed by atoms with van der Waals surface area (Å²) < 4.78 is 8.12. The molecule has 3 aromatic rings. The molecule has 134 valence electrons. The van der Waals surface area contributed by atoms with Crippen molar-refractivity contribution in [3.8, 4) is 0 Å². The van der Waals surface area contributed by atoms with Crippen LogP contribution in [0.25, 0.3) is 5.65 Å². The zero-order valence-electron chi connectivity index (χ0n) is 14.5. The lowest BCUT2D eigenvalue weighted by Crippen LogP contribution is -2.37. The van der Waals surface area contributed by atoms with Gasteiger partial charge in [0.2, 0.25) is 0 Å². The molecule has 1 aromatic carbocycles. The largest absolute Gasteiger partial charge is 0.378 e. The van der Waals surface area contributed by atoms with Gasteiger partial charge in [-0.3, -0.25) is 0 Å². The summed E-state index contributed by atoms with van der Waals surface area (Å²) in [5.41, 5.74) is 3.09. The predicted molar refractivity (Wildman–Crippen MR) is 103 cm³/mol. The summed E-state index contributed by atoms with van der Waals surface area (Å²) in [6, 6.07) is 10.2. The SMILES string of the molecule is Cc1cccc(CN=Nc2cc(N3CCOCC3)n3ncc(Br)c3n2)c1. The van der Waals surface area contributed by atoms with E-state index in [-0.39, 0.29) is 0 Å². The molecule has 3 heterocycles. The molecular formula is C18H19BrN6O. The molecular weight excluding hydrogens is 396 g/mol. The minimum atomic E-state index is 0.530. The number of aryl methyl sites for hydroxylation is 1. The number of rotatable bonds is 4. The van der Waals surface area contributed by atoms with Crippen LogP contribution in [0.15, 0.2) is 51.2 Å². The number of fused-ring (bicyclic) bond motifs is 1. The number of benzene rings is 1. The van der Waals surface area contributed by atoms with Crippen LogP contribution in [0.1, 0.15) is 11.1 Å². The molecule has 0 radical (unpaired) electrons. The molecule has 0 N–H and O–H groups in total. The smallest absolute Gasteiger partial charge is 0.179 e. The second kappa shape index (κ2) is 7.51. The average molecular weight is 415 g/mol. The second-order valence-electron chi connectivity index (χ2n) is 6.19. The molecule has 0 saturated carbocycles. The van der Waals surface area contributed by atoms with Crippen molar-refractivity contribution in [3.63, 3.8) is 0 Å². The minimum absolute atomic E-state index is 0.530. The normalized spacial score (nSPS) is 15.2. The highest BCUT2D eigenvalue weighted by molar-refractivity contribution is 9.10. The average Bonchev–Trinajstić information content (AvgIpc) is 3.03. The highest BCUT2D eigenvalue weighted by Gasteiger charge is 2.18. The van der Waals surface area contributed by atoms with Gasteiger partial charge in [0.25, 0.3) is 0 Å². The van der Waals surface area contributed by atoms with Gasteiger partial charge >= 0.3 is 0 Å².